The van der Waals surface area contributed by atoms with Gasteiger partial charge in [0.1, 0.15) is 18.7 Å². The molecule has 0 aliphatic rings. The van der Waals surface area contributed by atoms with Gasteiger partial charge in [-0.05, 0) is 48.4 Å². The van der Waals surface area contributed by atoms with E-state index in [1.165, 1.54) is 0 Å². The normalized spacial score (nSPS) is 12.7. The van der Waals surface area contributed by atoms with E-state index in [2.05, 4.69) is 10.6 Å². The van der Waals surface area contributed by atoms with Crippen molar-refractivity contribution in [2.45, 2.75) is 59.2 Å². The Morgan fingerprint density at radius 3 is 2.09 bits per heavy atom. The van der Waals surface area contributed by atoms with E-state index in [0.717, 1.165) is 22.3 Å². The third-order valence-corrected chi connectivity index (χ3v) is 5.20. The summed E-state index contributed by atoms with van der Waals surface area (Å²) in [6, 6.07) is 12.9. The second-order valence-corrected chi connectivity index (χ2v) is 8.36. The van der Waals surface area contributed by atoms with Gasteiger partial charge in [-0.3, -0.25) is 4.79 Å². The first kappa shape index (κ1) is 24.9. The maximum atomic E-state index is 12.9. The van der Waals surface area contributed by atoms with E-state index < -0.39 is 30.1 Å². The van der Waals surface area contributed by atoms with Crippen LogP contribution in [-0.4, -0.2) is 35.2 Å². The second kappa shape index (κ2) is 11.9. The van der Waals surface area contributed by atoms with E-state index in [0.29, 0.717) is 6.42 Å². The lowest BCUT2D eigenvalue weighted by atomic mass is 9.96. The fraction of sp³-hybridized carbons (Fsp3) is 0.400. The molecule has 0 aliphatic carbocycles. The zero-order valence-electron chi connectivity index (χ0n) is 19.1. The molecule has 0 heterocycles. The Kier molecular flexibility index (Phi) is 9.25. The molecular formula is C25H32N2O5. The molecule has 2 rings (SSSR count). The topological polar surface area (TPSA) is 105 Å². The molecule has 0 spiro atoms. The predicted octanol–water partition coefficient (Wildman–Crippen LogP) is 3.76. The van der Waals surface area contributed by atoms with Crippen LogP contribution in [0.1, 0.15) is 42.5 Å². The van der Waals surface area contributed by atoms with E-state index >= 15 is 0 Å². The predicted molar refractivity (Wildman–Crippen MR) is 122 cm³/mol. The first-order chi connectivity index (χ1) is 15.2. The number of nitrogens with one attached hydrogen (secondary N) is 2. The van der Waals surface area contributed by atoms with Crippen molar-refractivity contribution in [2.24, 2.45) is 5.92 Å². The lowest BCUT2D eigenvalue weighted by Gasteiger charge is -2.23. The van der Waals surface area contributed by atoms with Gasteiger partial charge in [0.05, 0.1) is 0 Å². The summed E-state index contributed by atoms with van der Waals surface area (Å²) in [5, 5.41) is 14.9. The smallest absolute Gasteiger partial charge is 0.408 e. The SMILES string of the molecule is Cc1cccc(C)c1C[C@@H](NC(=O)[C@H](CC(C)C)NC(=O)OCc1ccccc1)C(=O)O. The highest BCUT2D eigenvalue weighted by molar-refractivity contribution is 5.89. The molecule has 3 N–H and O–H groups in total. The Balaban J connectivity index is 2.05. The van der Waals surface area contributed by atoms with Crippen LogP contribution in [-0.2, 0) is 27.4 Å². The molecule has 2 atom stereocenters. The second-order valence-electron chi connectivity index (χ2n) is 8.36. The molecule has 7 nitrogen and oxygen atoms in total. The fourth-order valence-corrected chi connectivity index (χ4v) is 3.46. The van der Waals surface area contributed by atoms with E-state index in [9.17, 15) is 19.5 Å². The van der Waals surface area contributed by atoms with Gasteiger partial charge in [-0.1, -0.05) is 62.4 Å². The molecular weight excluding hydrogens is 408 g/mol. The number of hydrogen-bond donors (Lipinski definition) is 3. The van der Waals surface area contributed by atoms with Crippen LogP contribution in [0.4, 0.5) is 4.79 Å². The zero-order chi connectivity index (χ0) is 23.7. The molecule has 2 aromatic carbocycles. The molecule has 0 saturated carbocycles. The Morgan fingerprint density at radius 1 is 0.906 bits per heavy atom. The summed E-state index contributed by atoms with van der Waals surface area (Å²) in [6.07, 6.45) is -0.217. The quantitative estimate of drug-likeness (QED) is 0.522. The molecule has 7 heteroatoms. The van der Waals surface area contributed by atoms with E-state index in [1.54, 1.807) is 0 Å². The van der Waals surface area contributed by atoms with Crippen LogP contribution in [0.3, 0.4) is 0 Å². The van der Waals surface area contributed by atoms with Crippen LogP contribution >= 0.6 is 0 Å². The average Bonchev–Trinajstić information content (AvgIpc) is 2.73. The summed E-state index contributed by atoms with van der Waals surface area (Å²) < 4.78 is 5.22. The highest BCUT2D eigenvalue weighted by Gasteiger charge is 2.28. The molecule has 32 heavy (non-hydrogen) atoms. The van der Waals surface area contributed by atoms with Crippen molar-refractivity contribution in [1.82, 2.24) is 10.6 Å². The standard InChI is InChI=1S/C25H32N2O5/c1-16(2)13-21(27-25(31)32-15-19-11-6-5-7-12-19)23(28)26-22(24(29)30)14-20-17(3)9-8-10-18(20)4/h5-12,16,21-22H,13-15H2,1-4H3,(H,26,28)(H,27,31)(H,29,30)/t21-,22+/m0/s1. The van der Waals surface area contributed by atoms with Gasteiger partial charge >= 0.3 is 12.1 Å². The van der Waals surface area contributed by atoms with E-state index in [-0.39, 0.29) is 18.9 Å². The lowest BCUT2D eigenvalue weighted by Crippen LogP contribution is -2.52. The maximum absolute atomic E-state index is 12.9. The van der Waals surface area contributed by atoms with Crippen molar-refractivity contribution in [3.8, 4) is 0 Å². The molecule has 0 bridgehead atoms. The van der Waals surface area contributed by atoms with Gasteiger partial charge in [-0.25, -0.2) is 9.59 Å². The molecule has 172 valence electrons. The number of carbonyl (C=O) groups is 3. The Hall–Kier alpha value is -3.35. The van der Waals surface area contributed by atoms with Crippen LogP contribution in [0, 0.1) is 19.8 Å². The number of benzene rings is 2. The number of carboxylic acid groups (broad SMARTS) is 1. The Labute approximate surface area is 189 Å². The van der Waals surface area contributed by atoms with Crippen molar-refractivity contribution < 1.29 is 24.2 Å². The lowest BCUT2D eigenvalue weighted by molar-refractivity contribution is -0.142. The largest absolute Gasteiger partial charge is 0.480 e. The highest BCUT2D eigenvalue weighted by Crippen LogP contribution is 2.16. The third-order valence-electron chi connectivity index (χ3n) is 5.20. The van der Waals surface area contributed by atoms with Gasteiger partial charge in [-0.2, -0.15) is 0 Å². The van der Waals surface area contributed by atoms with Crippen molar-refractivity contribution in [2.75, 3.05) is 0 Å². The van der Waals surface area contributed by atoms with Crippen molar-refractivity contribution in [3.05, 3.63) is 70.8 Å². The van der Waals surface area contributed by atoms with Gasteiger partial charge in [0.2, 0.25) is 5.91 Å². The van der Waals surface area contributed by atoms with E-state index in [4.69, 9.17) is 4.74 Å². The Bertz CT molecular complexity index is 907. The summed E-state index contributed by atoms with van der Waals surface area (Å²) in [7, 11) is 0. The summed E-state index contributed by atoms with van der Waals surface area (Å²) in [5.74, 6) is -1.58. The van der Waals surface area contributed by atoms with Gasteiger partial charge in [0.25, 0.3) is 0 Å². The molecule has 2 amide bonds. The van der Waals surface area contributed by atoms with Crippen LogP contribution in [0.2, 0.25) is 0 Å². The molecule has 0 radical (unpaired) electrons. The van der Waals surface area contributed by atoms with Crippen LogP contribution < -0.4 is 10.6 Å². The van der Waals surface area contributed by atoms with Crippen LogP contribution in [0.5, 0.6) is 0 Å². The Morgan fingerprint density at radius 2 is 1.53 bits per heavy atom. The first-order valence-electron chi connectivity index (χ1n) is 10.7. The van der Waals surface area contributed by atoms with Gasteiger partial charge in [-0.15, -0.1) is 0 Å². The highest BCUT2D eigenvalue weighted by atomic mass is 16.5. The number of carboxylic acids is 1. The number of aryl methyl sites for hydroxylation is 2. The first-order valence-corrected chi connectivity index (χ1v) is 10.7. The maximum Gasteiger partial charge on any atom is 0.408 e. The monoisotopic (exact) mass is 440 g/mol. The number of alkyl carbamates (subject to hydrolysis) is 1. The molecule has 0 saturated heterocycles. The van der Waals surface area contributed by atoms with Gasteiger partial charge in [0.15, 0.2) is 0 Å². The molecule has 0 aliphatic heterocycles. The van der Waals surface area contributed by atoms with Gasteiger partial charge < -0.3 is 20.5 Å². The minimum absolute atomic E-state index is 0.0764. The molecule has 0 aromatic heterocycles. The van der Waals surface area contributed by atoms with Crippen molar-refractivity contribution >= 4 is 18.0 Å². The number of aliphatic carboxylic acids is 1. The number of carbonyl (C=O) groups excluding carboxylic acids is 2. The fourth-order valence-electron chi connectivity index (χ4n) is 3.46. The van der Waals surface area contributed by atoms with Gasteiger partial charge in [0, 0.05) is 6.42 Å². The van der Waals surface area contributed by atoms with Crippen LogP contribution in [0.25, 0.3) is 0 Å². The number of hydrogen-bond acceptors (Lipinski definition) is 4. The zero-order valence-corrected chi connectivity index (χ0v) is 19.1. The minimum atomic E-state index is -1.13. The van der Waals surface area contributed by atoms with E-state index in [1.807, 2.05) is 76.2 Å². The molecule has 0 fully saturated rings. The summed E-state index contributed by atoms with van der Waals surface area (Å²) >= 11 is 0. The average molecular weight is 441 g/mol. The van der Waals surface area contributed by atoms with Crippen LogP contribution in [0.15, 0.2) is 48.5 Å². The van der Waals surface area contributed by atoms with Crippen molar-refractivity contribution in [1.29, 1.82) is 0 Å². The minimum Gasteiger partial charge on any atom is -0.480 e. The summed E-state index contributed by atoms with van der Waals surface area (Å²) in [5.41, 5.74) is 3.64. The van der Waals surface area contributed by atoms with Crippen molar-refractivity contribution in [3.63, 3.8) is 0 Å². The number of amides is 2. The number of rotatable bonds is 10. The number of ether oxygens (including phenoxy) is 1. The summed E-state index contributed by atoms with van der Waals surface area (Å²) in [6.45, 7) is 7.74. The summed E-state index contributed by atoms with van der Waals surface area (Å²) in [4.78, 5) is 37.1. The molecule has 0 unspecified atom stereocenters. The third kappa shape index (κ3) is 7.72. The molecule has 2 aromatic rings.